The van der Waals surface area contributed by atoms with Crippen LogP contribution in [0.1, 0.15) is 15.9 Å². The molecule has 0 bridgehead atoms. The molecule has 0 amide bonds. The molecule has 5 heteroatoms. The number of hydrogen-bond donors (Lipinski definition) is 1. The Kier molecular flexibility index (Phi) is 3.42. The Morgan fingerprint density at radius 1 is 1.14 bits per heavy atom. The molecule has 0 spiro atoms. The molecular weight excluding hydrogens is 280 g/mol. The summed E-state index contributed by atoms with van der Waals surface area (Å²) in [5.41, 5.74) is 2.79. The molecule has 2 aromatic carbocycles. The summed E-state index contributed by atoms with van der Waals surface area (Å²) in [4.78, 5) is 15.4. The highest BCUT2D eigenvalue weighted by molar-refractivity contribution is 5.89. The minimum atomic E-state index is -0.999. The molecule has 1 N–H and O–H groups in total. The minimum absolute atomic E-state index is 0.177. The third-order valence-corrected chi connectivity index (χ3v) is 3.17. The monoisotopic (exact) mass is 290 g/mol. The van der Waals surface area contributed by atoms with Crippen molar-refractivity contribution < 1.29 is 14.3 Å². The van der Waals surface area contributed by atoms with Crippen molar-refractivity contribution in [3.63, 3.8) is 0 Å². The number of rotatable bonds is 3. The largest absolute Gasteiger partial charge is 0.478 e. The molecule has 0 aliphatic heterocycles. The van der Waals surface area contributed by atoms with Crippen molar-refractivity contribution in [3.05, 3.63) is 65.9 Å². The van der Waals surface area contributed by atoms with E-state index in [0.717, 1.165) is 5.56 Å². The molecule has 0 atom stereocenters. The van der Waals surface area contributed by atoms with E-state index in [4.69, 9.17) is 14.8 Å². The number of oxazole rings is 1. The fourth-order valence-corrected chi connectivity index (χ4v) is 2.04. The first-order valence-electron chi connectivity index (χ1n) is 6.47. The molecule has 0 saturated carbocycles. The summed E-state index contributed by atoms with van der Waals surface area (Å²) in [6.07, 6.45) is 1.50. The highest BCUT2D eigenvalue weighted by atomic mass is 16.4. The van der Waals surface area contributed by atoms with Gasteiger partial charge in [-0.1, -0.05) is 18.2 Å². The number of hydrogen-bond acceptors (Lipinski definition) is 4. The van der Waals surface area contributed by atoms with Gasteiger partial charge < -0.3 is 9.52 Å². The van der Waals surface area contributed by atoms with E-state index in [1.165, 1.54) is 18.4 Å². The quantitative estimate of drug-likeness (QED) is 0.796. The number of carboxylic acid groups (broad SMARTS) is 1. The lowest BCUT2D eigenvalue weighted by Gasteiger charge is -1.98. The fourth-order valence-electron chi connectivity index (χ4n) is 2.04. The molecule has 0 fully saturated rings. The van der Waals surface area contributed by atoms with Crippen LogP contribution in [0.4, 0.5) is 0 Å². The second-order valence-corrected chi connectivity index (χ2v) is 4.61. The smallest absolute Gasteiger partial charge is 0.335 e. The van der Waals surface area contributed by atoms with Gasteiger partial charge >= 0.3 is 5.97 Å². The average molecular weight is 290 g/mol. The predicted molar refractivity (Wildman–Crippen MR) is 79.0 cm³/mol. The van der Waals surface area contributed by atoms with Gasteiger partial charge in [0.25, 0.3) is 0 Å². The topological polar surface area (TPSA) is 87.1 Å². The van der Waals surface area contributed by atoms with Crippen LogP contribution in [0.2, 0.25) is 0 Å². The molecule has 3 aromatic rings. The maximum absolute atomic E-state index is 11.0. The van der Waals surface area contributed by atoms with Gasteiger partial charge in [-0.25, -0.2) is 9.78 Å². The highest BCUT2D eigenvalue weighted by Gasteiger charge is 2.11. The van der Waals surface area contributed by atoms with Gasteiger partial charge in [0.15, 0.2) is 0 Å². The summed E-state index contributed by atoms with van der Waals surface area (Å²) in [7, 11) is 0. The van der Waals surface area contributed by atoms with Crippen LogP contribution < -0.4 is 0 Å². The van der Waals surface area contributed by atoms with Crippen molar-refractivity contribution >= 4 is 5.97 Å². The van der Waals surface area contributed by atoms with Crippen molar-refractivity contribution in [3.8, 4) is 28.8 Å². The third kappa shape index (κ3) is 2.58. The van der Waals surface area contributed by atoms with Gasteiger partial charge in [-0.2, -0.15) is 5.26 Å². The van der Waals surface area contributed by atoms with Crippen LogP contribution in [-0.4, -0.2) is 16.1 Å². The number of carboxylic acids is 1. The number of carbonyl (C=O) groups is 1. The van der Waals surface area contributed by atoms with Crippen molar-refractivity contribution in [1.82, 2.24) is 4.98 Å². The van der Waals surface area contributed by atoms with Crippen molar-refractivity contribution in [1.29, 1.82) is 5.26 Å². The van der Waals surface area contributed by atoms with Crippen LogP contribution in [0, 0.1) is 11.3 Å². The predicted octanol–water partition coefficient (Wildman–Crippen LogP) is 3.58. The molecule has 0 radical (unpaired) electrons. The van der Waals surface area contributed by atoms with Crippen LogP contribution in [0.15, 0.2) is 59.2 Å². The molecule has 0 saturated heterocycles. The molecule has 106 valence electrons. The second-order valence-electron chi connectivity index (χ2n) is 4.61. The molecule has 1 heterocycles. The average Bonchev–Trinajstić information content (AvgIpc) is 3.05. The summed E-state index contributed by atoms with van der Waals surface area (Å²) in [5.74, 6) is -0.650. The Labute approximate surface area is 126 Å². The van der Waals surface area contributed by atoms with Gasteiger partial charge in [-0.15, -0.1) is 0 Å². The third-order valence-electron chi connectivity index (χ3n) is 3.17. The Bertz CT molecular complexity index is 873. The summed E-state index contributed by atoms with van der Waals surface area (Å²) in [6, 6.07) is 15.4. The molecule has 3 rings (SSSR count). The normalized spacial score (nSPS) is 10.1. The zero-order chi connectivity index (χ0) is 15.5. The molecular formula is C17H10N2O3. The van der Waals surface area contributed by atoms with Gasteiger partial charge in [0.2, 0.25) is 5.89 Å². The van der Waals surface area contributed by atoms with Crippen LogP contribution >= 0.6 is 0 Å². The first kappa shape index (κ1) is 13.6. The van der Waals surface area contributed by atoms with E-state index in [1.54, 1.807) is 36.4 Å². The van der Waals surface area contributed by atoms with E-state index < -0.39 is 5.97 Å². The molecule has 0 unspecified atom stereocenters. The van der Waals surface area contributed by atoms with Gasteiger partial charge in [0.1, 0.15) is 12.0 Å². The first-order valence-corrected chi connectivity index (χ1v) is 6.47. The molecule has 0 aliphatic carbocycles. The maximum atomic E-state index is 11.0. The van der Waals surface area contributed by atoms with E-state index in [1.807, 2.05) is 0 Å². The van der Waals surface area contributed by atoms with E-state index in [9.17, 15) is 4.79 Å². The summed E-state index contributed by atoms with van der Waals surface area (Å²) >= 11 is 0. The fraction of sp³-hybridized carbons (Fsp3) is 0. The van der Waals surface area contributed by atoms with E-state index in [-0.39, 0.29) is 5.56 Å². The van der Waals surface area contributed by atoms with Crippen molar-refractivity contribution in [2.75, 3.05) is 0 Å². The van der Waals surface area contributed by atoms with Gasteiger partial charge in [0, 0.05) is 11.1 Å². The Morgan fingerprint density at radius 2 is 1.91 bits per heavy atom. The Morgan fingerprint density at radius 3 is 2.59 bits per heavy atom. The van der Waals surface area contributed by atoms with Gasteiger partial charge in [-0.05, 0) is 30.3 Å². The Balaban J connectivity index is 1.95. The summed E-state index contributed by atoms with van der Waals surface area (Å²) in [5, 5.41) is 17.8. The van der Waals surface area contributed by atoms with E-state index in [0.29, 0.717) is 22.7 Å². The molecule has 0 aliphatic rings. The summed E-state index contributed by atoms with van der Waals surface area (Å²) in [6.45, 7) is 0. The minimum Gasteiger partial charge on any atom is -0.478 e. The lowest BCUT2D eigenvalue weighted by Crippen LogP contribution is -1.95. The standard InChI is InChI=1S/C17H10N2O3/c18-9-11-4-6-12(7-5-11)15-10-22-16(19-15)13-2-1-3-14(8-13)17(20)21/h1-8,10H,(H,20,21). The highest BCUT2D eigenvalue weighted by Crippen LogP contribution is 2.25. The maximum Gasteiger partial charge on any atom is 0.335 e. The lowest BCUT2D eigenvalue weighted by atomic mass is 10.1. The van der Waals surface area contributed by atoms with Crippen LogP contribution in [-0.2, 0) is 0 Å². The van der Waals surface area contributed by atoms with Gasteiger partial charge in [0.05, 0.1) is 17.2 Å². The number of aromatic carboxylic acids is 1. The second kappa shape index (κ2) is 5.54. The SMILES string of the molecule is N#Cc1ccc(-c2coc(-c3cccc(C(=O)O)c3)n2)cc1. The Hall–Kier alpha value is -3.39. The number of nitrogens with zero attached hydrogens (tertiary/aromatic N) is 2. The van der Waals surface area contributed by atoms with Crippen molar-refractivity contribution in [2.24, 2.45) is 0 Å². The zero-order valence-electron chi connectivity index (χ0n) is 11.4. The van der Waals surface area contributed by atoms with E-state index >= 15 is 0 Å². The van der Waals surface area contributed by atoms with Crippen LogP contribution in [0.25, 0.3) is 22.7 Å². The van der Waals surface area contributed by atoms with Gasteiger partial charge in [-0.3, -0.25) is 0 Å². The first-order chi connectivity index (χ1) is 10.7. The molecule has 5 nitrogen and oxygen atoms in total. The van der Waals surface area contributed by atoms with E-state index in [2.05, 4.69) is 11.1 Å². The molecule has 22 heavy (non-hydrogen) atoms. The lowest BCUT2D eigenvalue weighted by molar-refractivity contribution is 0.0697. The van der Waals surface area contributed by atoms with Crippen molar-refractivity contribution in [2.45, 2.75) is 0 Å². The molecule has 1 aromatic heterocycles. The number of nitriles is 1. The number of aromatic nitrogens is 1. The zero-order valence-corrected chi connectivity index (χ0v) is 11.4. The van der Waals surface area contributed by atoms with Crippen LogP contribution in [0.3, 0.4) is 0 Å². The number of benzene rings is 2. The summed E-state index contributed by atoms with van der Waals surface area (Å²) < 4.78 is 5.43. The van der Waals surface area contributed by atoms with Crippen LogP contribution in [0.5, 0.6) is 0 Å².